The van der Waals surface area contributed by atoms with Crippen LogP contribution in [-0.2, 0) is 16.5 Å². The molecule has 3 rings (SSSR count). The fourth-order valence-corrected chi connectivity index (χ4v) is 3.39. The summed E-state index contributed by atoms with van der Waals surface area (Å²) >= 11 is 0. The highest BCUT2D eigenvalue weighted by atomic mass is 16.7. The summed E-state index contributed by atoms with van der Waals surface area (Å²) < 4.78 is 13.4. The van der Waals surface area contributed by atoms with Gasteiger partial charge in [0.15, 0.2) is 6.29 Å². The van der Waals surface area contributed by atoms with Gasteiger partial charge in [0.25, 0.3) is 0 Å². The average molecular weight is 293 g/mol. The van der Waals surface area contributed by atoms with Crippen molar-refractivity contribution >= 4 is 0 Å². The van der Waals surface area contributed by atoms with Crippen molar-refractivity contribution in [3.63, 3.8) is 0 Å². The number of hydrogen-bond donors (Lipinski definition) is 0. The topological polar surface area (TPSA) is 39.5 Å². The smallest absolute Gasteiger partial charge is 0.157 e. The predicted molar refractivity (Wildman–Crippen MR) is 80.9 cm³/mol. The summed E-state index contributed by atoms with van der Waals surface area (Å²) in [7, 11) is 1.99. The number of nitrogens with zero attached hydrogens (tertiary/aromatic N) is 3. The first-order chi connectivity index (χ1) is 10.3. The molecule has 0 saturated carbocycles. The van der Waals surface area contributed by atoms with Gasteiger partial charge >= 0.3 is 0 Å². The molecule has 3 heterocycles. The summed E-state index contributed by atoms with van der Waals surface area (Å²) in [6, 6.07) is 0.503. The van der Waals surface area contributed by atoms with Crippen molar-refractivity contribution in [1.82, 2.24) is 14.7 Å². The van der Waals surface area contributed by atoms with Gasteiger partial charge in [0.05, 0.1) is 12.8 Å². The van der Waals surface area contributed by atoms with Gasteiger partial charge in [0.1, 0.15) is 0 Å². The molecule has 1 aromatic rings. The molecular weight excluding hydrogens is 266 g/mol. The molecular formula is C16H27N3O2. The second-order valence-corrected chi connectivity index (χ2v) is 6.16. The third kappa shape index (κ3) is 4.05. The Morgan fingerprint density at radius 1 is 1.29 bits per heavy atom. The van der Waals surface area contributed by atoms with E-state index in [-0.39, 0.29) is 6.29 Å². The average Bonchev–Trinajstić information content (AvgIpc) is 2.95. The molecule has 2 aliphatic rings. The minimum absolute atomic E-state index is 0.0281. The second-order valence-electron chi connectivity index (χ2n) is 6.16. The number of piperidine rings is 1. The Labute approximate surface area is 127 Å². The largest absolute Gasteiger partial charge is 0.353 e. The molecule has 2 fully saturated rings. The van der Waals surface area contributed by atoms with Crippen LogP contribution in [-0.4, -0.2) is 47.3 Å². The first-order valence-corrected chi connectivity index (χ1v) is 8.29. The van der Waals surface area contributed by atoms with Crippen LogP contribution < -0.4 is 0 Å². The van der Waals surface area contributed by atoms with E-state index in [1.165, 1.54) is 37.7 Å². The minimum atomic E-state index is 0.0281. The molecule has 0 unspecified atom stereocenters. The molecule has 21 heavy (non-hydrogen) atoms. The van der Waals surface area contributed by atoms with E-state index in [1.807, 2.05) is 17.9 Å². The molecule has 118 valence electrons. The lowest BCUT2D eigenvalue weighted by molar-refractivity contribution is -0.165. The van der Waals surface area contributed by atoms with Gasteiger partial charge in [-0.15, -0.1) is 0 Å². The number of hydrogen-bond acceptors (Lipinski definition) is 4. The van der Waals surface area contributed by atoms with Gasteiger partial charge in [-0.3, -0.25) is 9.58 Å². The highest BCUT2D eigenvalue weighted by Gasteiger charge is 2.25. The number of aryl methyl sites for hydroxylation is 1. The quantitative estimate of drug-likeness (QED) is 0.836. The lowest BCUT2D eigenvalue weighted by Crippen LogP contribution is -2.37. The van der Waals surface area contributed by atoms with E-state index in [1.54, 1.807) is 0 Å². The highest BCUT2D eigenvalue weighted by molar-refractivity contribution is 5.11. The van der Waals surface area contributed by atoms with E-state index >= 15 is 0 Å². The summed E-state index contributed by atoms with van der Waals surface area (Å²) in [5.41, 5.74) is 1.34. The van der Waals surface area contributed by atoms with Crippen molar-refractivity contribution in [3.05, 3.63) is 18.0 Å². The van der Waals surface area contributed by atoms with Gasteiger partial charge in [-0.05, 0) is 38.6 Å². The molecule has 0 aromatic carbocycles. The van der Waals surface area contributed by atoms with E-state index in [0.717, 1.165) is 32.7 Å². The van der Waals surface area contributed by atoms with E-state index < -0.39 is 0 Å². The maximum Gasteiger partial charge on any atom is 0.157 e. The summed E-state index contributed by atoms with van der Waals surface area (Å²) in [6.07, 6.45) is 11.5. The van der Waals surface area contributed by atoms with Crippen molar-refractivity contribution in [2.24, 2.45) is 7.05 Å². The zero-order chi connectivity index (χ0) is 14.5. The maximum absolute atomic E-state index is 5.89. The van der Waals surface area contributed by atoms with E-state index in [9.17, 15) is 0 Å². The van der Waals surface area contributed by atoms with Crippen LogP contribution in [0.3, 0.4) is 0 Å². The number of likely N-dealkylation sites (tertiary alicyclic amines) is 1. The van der Waals surface area contributed by atoms with Gasteiger partial charge in [0.2, 0.25) is 0 Å². The SMILES string of the molecule is Cn1cc([C@@H]2CCCCN2CCO[C@@H]2CCCCO2)cn1. The zero-order valence-corrected chi connectivity index (χ0v) is 13.0. The van der Waals surface area contributed by atoms with Gasteiger partial charge < -0.3 is 9.47 Å². The van der Waals surface area contributed by atoms with Crippen molar-refractivity contribution in [1.29, 1.82) is 0 Å². The fraction of sp³-hybridized carbons (Fsp3) is 0.812. The first kappa shape index (κ1) is 15.0. The number of aromatic nitrogens is 2. The Kier molecular flexibility index (Phi) is 5.27. The Bertz CT molecular complexity index is 429. The van der Waals surface area contributed by atoms with Crippen molar-refractivity contribution in [2.45, 2.75) is 50.9 Å². The Morgan fingerprint density at radius 3 is 2.95 bits per heavy atom. The number of ether oxygens (including phenoxy) is 2. The first-order valence-electron chi connectivity index (χ1n) is 8.29. The lowest BCUT2D eigenvalue weighted by Gasteiger charge is -2.35. The van der Waals surface area contributed by atoms with E-state index in [4.69, 9.17) is 9.47 Å². The summed E-state index contributed by atoms with van der Waals surface area (Å²) in [5.74, 6) is 0. The normalized spacial score (nSPS) is 27.9. The van der Waals surface area contributed by atoms with Crippen LogP contribution in [0.25, 0.3) is 0 Å². The highest BCUT2D eigenvalue weighted by Crippen LogP contribution is 2.30. The molecule has 2 saturated heterocycles. The molecule has 5 heteroatoms. The molecule has 0 spiro atoms. The Morgan fingerprint density at radius 2 is 2.19 bits per heavy atom. The van der Waals surface area contributed by atoms with Gasteiger partial charge in [-0.1, -0.05) is 6.42 Å². The monoisotopic (exact) mass is 293 g/mol. The summed E-state index contributed by atoms with van der Waals surface area (Å²) in [6.45, 7) is 3.77. The van der Waals surface area contributed by atoms with E-state index in [2.05, 4.69) is 16.2 Å². The zero-order valence-electron chi connectivity index (χ0n) is 13.0. The third-order valence-electron chi connectivity index (χ3n) is 4.54. The molecule has 0 bridgehead atoms. The molecule has 0 amide bonds. The number of rotatable bonds is 5. The molecule has 5 nitrogen and oxygen atoms in total. The third-order valence-corrected chi connectivity index (χ3v) is 4.54. The lowest BCUT2D eigenvalue weighted by atomic mass is 9.97. The van der Waals surface area contributed by atoms with Crippen LogP contribution in [0.2, 0.25) is 0 Å². The van der Waals surface area contributed by atoms with Crippen molar-refractivity contribution < 1.29 is 9.47 Å². The van der Waals surface area contributed by atoms with Gasteiger partial charge in [0, 0.05) is 38.0 Å². The second kappa shape index (κ2) is 7.38. The van der Waals surface area contributed by atoms with Gasteiger partial charge in [-0.2, -0.15) is 5.10 Å². The molecule has 2 atom stereocenters. The van der Waals surface area contributed by atoms with Crippen LogP contribution in [0, 0.1) is 0 Å². The van der Waals surface area contributed by atoms with E-state index in [0.29, 0.717) is 6.04 Å². The van der Waals surface area contributed by atoms with Crippen LogP contribution >= 0.6 is 0 Å². The molecule has 0 radical (unpaired) electrons. The molecule has 0 aliphatic carbocycles. The van der Waals surface area contributed by atoms with Crippen molar-refractivity contribution in [2.75, 3.05) is 26.3 Å². The fourth-order valence-electron chi connectivity index (χ4n) is 3.39. The molecule has 2 aliphatic heterocycles. The summed E-state index contributed by atoms with van der Waals surface area (Å²) in [5, 5.41) is 4.32. The Hall–Kier alpha value is -0.910. The van der Waals surface area contributed by atoms with Crippen LogP contribution in [0.15, 0.2) is 12.4 Å². The maximum atomic E-state index is 5.89. The Balaban J connectivity index is 1.49. The molecule has 0 N–H and O–H groups in total. The van der Waals surface area contributed by atoms with Crippen LogP contribution in [0.1, 0.15) is 50.1 Å². The molecule has 1 aromatic heterocycles. The van der Waals surface area contributed by atoms with Gasteiger partial charge in [-0.25, -0.2) is 0 Å². The standard InChI is InChI=1S/C16H27N3O2/c1-18-13-14(12-17-18)15-6-2-4-8-19(15)9-11-21-16-7-3-5-10-20-16/h12-13,15-16H,2-11H2,1H3/t15-,16+/m0/s1. The van der Waals surface area contributed by atoms with Crippen LogP contribution in [0.5, 0.6) is 0 Å². The van der Waals surface area contributed by atoms with Crippen molar-refractivity contribution in [3.8, 4) is 0 Å². The predicted octanol–water partition coefficient (Wildman–Crippen LogP) is 2.49. The van der Waals surface area contributed by atoms with Crippen LogP contribution in [0.4, 0.5) is 0 Å². The minimum Gasteiger partial charge on any atom is -0.353 e. The summed E-state index contributed by atoms with van der Waals surface area (Å²) in [4.78, 5) is 2.54.